The van der Waals surface area contributed by atoms with E-state index < -0.39 is 17.5 Å². The van der Waals surface area contributed by atoms with Crippen LogP contribution in [-0.4, -0.2) is 15.5 Å². The van der Waals surface area contributed by atoms with Gasteiger partial charge in [0, 0.05) is 6.07 Å². The number of nitrogens with one attached hydrogen (secondary N) is 1. The SMILES string of the molecule is Cc1c(C(=O)Nc2ccc(F)cc2F)sc2ncn(Cc3ccccc3)c(=O)c12. The van der Waals surface area contributed by atoms with Crippen molar-refractivity contribution in [2.45, 2.75) is 13.5 Å². The molecule has 1 amide bonds. The molecule has 146 valence electrons. The molecule has 2 aromatic heterocycles. The van der Waals surface area contributed by atoms with Gasteiger partial charge in [0.15, 0.2) is 0 Å². The first-order valence-electron chi connectivity index (χ1n) is 8.73. The average molecular weight is 411 g/mol. The minimum absolute atomic E-state index is 0.136. The van der Waals surface area contributed by atoms with E-state index in [0.717, 1.165) is 29.0 Å². The molecule has 0 radical (unpaired) electrons. The predicted molar refractivity (Wildman–Crippen MR) is 108 cm³/mol. The van der Waals surface area contributed by atoms with Gasteiger partial charge in [-0.1, -0.05) is 30.3 Å². The van der Waals surface area contributed by atoms with E-state index in [4.69, 9.17) is 0 Å². The summed E-state index contributed by atoms with van der Waals surface area (Å²) in [5, 5.41) is 2.78. The Labute approximate surface area is 168 Å². The van der Waals surface area contributed by atoms with Gasteiger partial charge >= 0.3 is 0 Å². The molecule has 0 aliphatic rings. The number of hydrogen-bond donors (Lipinski definition) is 1. The van der Waals surface area contributed by atoms with E-state index in [1.165, 1.54) is 10.9 Å². The van der Waals surface area contributed by atoms with Crippen molar-refractivity contribution < 1.29 is 13.6 Å². The fourth-order valence-electron chi connectivity index (χ4n) is 3.04. The summed E-state index contributed by atoms with van der Waals surface area (Å²) in [6, 6.07) is 12.4. The Kier molecular flexibility index (Phi) is 4.94. The van der Waals surface area contributed by atoms with E-state index in [0.29, 0.717) is 28.4 Å². The first-order valence-corrected chi connectivity index (χ1v) is 9.54. The topological polar surface area (TPSA) is 64.0 Å². The van der Waals surface area contributed by atoms with Crippen LogP contribution in [0.15, 0.2) is 59.7 Å². The van der Waals surface area contributed by atoms with Crippen LogP contribution in [0.3, 0.4) is 0 Å². The summed E-state index contributed by atoms with van der Waals surface area (Å²) in [6.07, 6.45) is 1.45. The third kappa shape index (κ3) is 3.66. The minimum Gasteiger partial charge on any atom is -0.319 e. The predicted octanol–water partition coefficient (Wildman–Crippen LogP) is 4.35. The molecule has 4 aromatic rings. The highest BCUT2D eigenvalue weighted by molar-refractivity contribution is 7.20. The van der Waals surface area contributed by atoms with Gasteiger partial charge in [0.25, 0.3) is 11.5 Å². The second kappa shape index (κ2) is 7.56. The molecule has 0 spiro atoms. The Morgan fingerprint density at radius 3 is 2.66 bits per heavy atom. The Morgan fingerprint density at radius 1 is 1.17 bits per heavy atom. The number of aryl methyl sites for hydroxylation is 1. The van der Waals surface area contributed by atoms with Crippen LogP contribution in [0.2, 0.25) is 0 Å². The third-order valence-electron chi connectivity index (χ3n) is 4.50. The van der Waals surface area contributed by atoms with E-state index in [1.54, 1.807) is 6.92 Å². The Morgan fingerprint density at radius 2 is 1.93 bits per heavy atom. The zero-order valence-corrected chi connectivity index (χ0v) is 16.1. The molecule has 0 aliphatic heterocycles. The number of thiophene rings is 1. The maximum Gasteiger partial charge on any atom is 0.266 e. The van der Waals surface area contributed by atoms with Crippen LogP contribution in [0.4, 0.5) is 14.5 Å². The van der Waals surface area contributed by atoms with Gasteiger partial charge < -0.3 is 5.32 Å². The number of benzene rings is 2. The number of fused-ring (bicyclic) bond motifs is 1. The Hall–Kier alpha value is -3.39. The van der Waals surface area contributed by atoms with Crippen LogP contribution < -0.4 is 10.9 Å². The lowest BCUT2D eigenvalue weighted by atomic mass is 10.2. The molecule has 0 bridgehead atoms. The standard InChI is InChI=1S/C21H15F2N3O2S/c1-12-17-20(24-11-26(21(17)28)10-13-5-3-2-4-6-13)29-18(12)19(27)25-16-8-7-14(22)9-15(16)23/h2-9,11H,10H2,1H3,(H,25,27). The lowest BCUT2D eigenvalue weighted by Gasteiger charge is -2.06. The van der Waals surface area contributed by atoms with Crippen LogP contribution in [0, 0.1) is 18.6 Å². The molecule has 0 atom stereocenters. The van der Waals surface area contributed by atoms with E-state index in [9.17, 15) is 18.4 Å². The number of anilines is 1. The molecule has 0 unspecified atom stereocenters. The number of nitrogens with zero attached hydrogens (tertiary/aromatic N) is 2. The van der Waals surface area contributed by atoms with Crippen LogP contribution >= 0.6 is 11.3 Å². The molecule has 2 heterocycles. The average Bonchev–Trinajstić information content (AvgIpc) is 3.04. The van der Waals surface area contributed by atoms with E-state index in [2.05, 4.69) is 10.3 Å². The molecule has 5 nitrogen and oxygen atoms in total. The monoisotopic (exact) mass is 411 g/mol. The van der Waals surface area contributed by atoms with E-state index >= 15 is 0 Å². The van der Waals surface area contributed by atoms with Crippen LogP contribution in [0.1, 0.15) is 20.8 Å². The number of rotatable bonds is 4. The molecule has 0 aliphatic carbocycles. The third-order valence-corrected chi connectivity index (χ3v) is 5.70. The van der Waals surface area contributed by atoms with Crippen molar-refractivity contribution >= 4 is 33.1 Å². The molecule has 0 saturated heterocycles. The number of carbonyl (C=O) groups is 1. The van der Waals surface area contributed by atoms with Crippen molar-refractivity contribution in [1.82, 2.24) is 9.55 Å². The maximum absolute atomic E-state index is 13.8. The fourth-order valence-corrected chi connectivity index (χ4v) is 4.07. The summed E-state index contributed by atoms with van der Waals surface area (Å²) in [5.74, 6) is -2.19. The summed E-state index contributed by atoms with van der Waals surface area (Å²) in [6.45, 7) is 2.02. The van der Waals surface area contributed by atoms with Crippen LogP contribution in [0.25, 0.3) is 10.2 Å². The van der Waals surface area contributed by atoms with Gasteiger partial charge in [-0.3, -0.25) is 14.2 Å². The second-order valence-corrected chi connectivity index (χ2v) is 7.48. The molecular formula is C21H15F2N3O2S. The number of carbonyl (C=O) groups excluding carboxylic acids is 1. The normalized spacial score (nSPS) is 11.0. The molecule has 29 heavy (non-hydrogen) atoms. The highest BCUT2D eigenvalue weighted by atomic mass is 32.1. The van der Waals surface area contributed by atoms with Crippen molar-refractivity contribution in [3.8, 4) is 0 Å². The fraction of sp³-hybridized carbons (Fsp3) is 0.0952. The zero-order valence-electron chi connectivity index (χ0n) is 15.3. The van der Waals surface area contributed by atoms with Crippen molar-refractivity contribution in [2.75, 3.05) is 5.32 Å². The maximum atomic E-state index is 13.8. The Balaban J connectivity index is 1.69. The largest absolute Gasteiger partial charge is 0.319 e. The summed E-state index contributed by atoms with van der Waals surface area (Å²) in [7, 11) is 0. The smallest absolute Gasteiger partial charge is 0.266 e. The number of hydrogen-bond acceptors (Lipinski definition) is 4. The summed E-state index contributed by atoms with van der Waals surface area (Å²) < 4.78 is 28.4. The molecule has 1 N–H and O–H groups in total. The number of halogens is 2. The summed E-state index contributed by atoms with van der Waals surface area (Å²) in [5.41, 5.74) is 1.04. The van der Waals surface area contributed by atoms with Crippen molar-refractivity contribution in [3.05, 3.63) is 92.9 Å². The number of amides is 1. The molecule has 2 aromatic carbocycles. The van der Waals surface area contributed by atoms with Gasteiger partial charge in [0.1, 0.15) is 16.5 Å². The van der Waals surface area contributed by atoms with Crippen molar-refractivity contribution in [3.63, 3.8) is 0 Å². The lowest BCUT2D eigenvalue weighted by molar-refractivity contribution is 0.102. The molecule has 8 heteroatoms. The summed E-state index contributed by atoms with van der Waals surface area (Å²) >= 11 is 1.06. The van der Waals surface area contributed by atoms with Gasteiger partial charge in [0.05, 0.1) is 28.8 Å². The second-order valence-electron chi connectivity index (χ2n) is 6.48. The summed E-state index contributed by atoms with van der Waals surface area (Å²) in [4.78, 5) is 30.6. The lowest BCUT2D eigenvalue weighted by Crippen LogP contribution is -2.21. The van der Waals surface area contributed by atoms with Gasteiger partial charge in [0.2, 0.25) is 0 Å². The first kappa shape index (κ1) is 18.9. The molecule has 0 saturated carbocycles. The van der Waals surface area contributed by atoms with Crippen molar-refractivity contribution in [1.29, 1.82) is 0 Å². The van der Waals surface area contributed by atoms with Gasteiger partial charge in [-0.2, -0.15) is 0 Å². The number of aromatic nitrogens is 2. The molecule has 4 rings (SSSR count). The zero-order chi connectivity index (χ0) is 20.5. The van der Waals surface area contributed by atoms with Crippen molar-refractivity contribution in [2.24, 2.45) is 0 Å². The first-order chi connectivity index (χ1) is 13.9. The Bertz CT molecular complexity index is 1280. The highest BCUT2D eigenvalue weighted by Crippen LogP contribution is 2.28. The van der Waals surface area contributed by atoms with Crippen LogP contribution in [-0.2, 0) is 6.54 Å². The van der Waals surface area contributed by atoms with Gasteiger partial charge in [-0.25, -0.2) is 13.8 Å². The van der Waals surface area contributed by atoms with Gasteiger partial charge in [-0.05, 0) is 30.2 Å². The molecule has 0 fully saturated rings. The van der Waals surface area contributed by atoms with Crippen LogP contribution in [0.5, 0.6) is 0 Å². The minimum atomic E-state index is -0.875. The quantitative estimate of drug-likeness (QED) is 0.543. The van der Waals surface area contributed by atoms with Gasteiger partial charge in [-0.15, -0.1) is 11.3 Å². The van der Waals surface area contributed by atoms with E-state index in [-0.39, 0.29) is 16.1 Å². The van der Waals surface area contributed by atoms with E-state index in [1.807, 2.05) is 30.3 Å². The highest BCUT2D eigenvalue weighted by Gasteiger charge is 2.20. The molecular weight excluding hydrogens is 396 g/mol.